The smallest absolute Gasteiger partial charge is 0.350 e. The minimum absolute atomic E-state index is 0. The number of amides is 1. The van der Waals surface area contributed by atoms with Gasteiger partial charge in [-0.1, -0.05) is 39.0 Å². The zero-order chi connectivity index (χ0) is 18.6. The Bertz CT molecular complexity index is 622. The molecular formula is C18H30ClN3O3S. The van der Waals surface area contributed by atoms with E-state index in [4.69, 9.17) is 4.74 Å². The molecule has 0 spiro atoms. The van der Waals surface area contributed by atoms with Gasteiger partial charge >= 0.3 is 5.97 Å². The summed E-state index contributed by atoms with van der Waals surface area (Å²) in [5, 5.41) is 6.68. The molecule has 1 amide bonds. The lowest BCUT2D eigenvalue weighted by atomic mass is 9.84. The third kappa shape index (κ3) is 5.93. The van der Waals surface area contributed by atoms with Gasteiger partial charge in [-0.15, -0.1) is 12.4 Å². The van der Waals surface area contributed by atoms with E-state index in [0.29, 0.717) is 34.0 Å². The van der Waals surface area contributed by atoms with Crippen molar-refractivity contribution in [2.45, 2.75) is 52.4 Å². The average Bonchev–Trinajstić information content (AvgIpc) is 2.98. The second-order valence-electron chi connectivity index (χ2n) is 7.76. The topological polar surface area (TPSA) is 80.3 Å². The zero-order valence-electron chi connectivity index (χ0n) is 16.2. The van der Waals surface area contributed by atoms with Gasteiger partial charge in [0.05, 0.1) is 12.8 Å². The summed E-state index contributed by atoms with van der Waals surface area (Å²) in [6.07, 6.45) is 2.71. The molecule has 2 heterocycles. The van der Waals surface area contributed by atoms with Crippen molar-refractivity contribution in [2.24, 2.45) is 11.8 Å². The standard InChI is InChI=1S/C18H29N3O3S.ClH/c1-11(12-6-8-19-9-7-12)10-13(22)20-17-21-15(18(2,3)4)14(25-17)16(23)24-5;/h11-12,19H,6-10H2,1-5H3,(H,20,21,22);1H. The molecule has 2 N–H and O–H groups in total. The summed E-state index contributed by atoms with van der Waals surface area (Å²) in [5.74, 6) is 0.464. The third-order valence-electron chi connectivity index (χ3n) is 4.65. The first-order valence-corrected chi connectivity index (χ1v) is 9.64. The molecule has 1 atom stereocenters. The Kier molecular flexibility index (Phi) is 8.50. The van der Waals surface area contributed by atoms with E-state index in [2.05, 4.69) is 22.5 Å². The number of carbonyl (C=O) groups excluding carboxylic acids is 2. The Morgan fingerprint density at radius 3 is 2.50 bits per heavy atom. The Labute approximate surface area is 165 Å². The van der Waals surface area contributed by atoms with Crippen molar-refractivity contribution in [1.29, 1.82) is 0 Å². The van der Waals surface area contributed by atoms with Gasteiger partial charge in [0, 0.05) is 11.8 Å². The van der Waals surface area contributed by atoms with Crippen molar-refractivity contribution in [3.63, 3.8) is 0 Å². The highest BCUT2D eigenvalue weighted by Gasteiger charge is 2.29. The van der Waals surface area contributed by atoms with Crippen LogP contribution >= 0.6 is 23.7 Å². The maximum Gasteiger partial charge on any atom is 0.350 e. The van der Waals surface area contributed by atoms with E-state index < -0.39 is 5.97 Å². The van der Waals surface area contributed by atoms with Crippen molar-refractivity contribution in [3.8, 4) is 0 Å². The second kappa shape index (κ2) is 9.67. The van der Waals surface area contributed by atoms with Gasteiger partial charge in [-0.05, 0) is 37.8 Å². The van der Waals surface area contributed by atoms with E-state index in [1.807, 2.05) is 20.8 Å². The molecule has 1 saturated heterocycles. The molecular weight excluding hydrogens is 374 g/mol. The summed E-state index contributed by atoms with van der Waals surface area (Å²) in [7, 11) is 1.35. The van der Waals surface area contributed by atoms with Crippen molar-refractivity contribution in [2.75, 3.05) is 25.5 Å². The highest BCUT2D eigenvalue weighted by atomic mass is 35.5. The van der Waals surface area contributed by atoms with Crippen LogP contribution in [-0.2, 0) is 14.9 Å². The summed E-state index contributed by atoms with van der Waals surface area (Å²) in [6.45, 7) is 10.1. The Morgan fingerprint density at radius 1 is 1.35 bits per heavy atom. The molecule has 1 aliphatic heterocycles. The van der Waals surface area contributed by atoms with Crippen LogP contribution < -0.4 is 10.6 Å². The lowest BCUT2D eigenvalue weighted by Crippen LogP contribution is -2.32. The number of halogens is 1. The Morgan fingerprint density at radius 2 is 1.96 bits per heavy atom. The quantitative estimate of drug-likeness (QED) is 0.734. The van der Waals surface area contributed by atoms with Gasteiger partial charge in [0.1, 0.15) is 4.88 Å². The molecule has 2 rings (SSSR count). The number of hydrogen-bond donors (Lipinski definition) is 2. The molecule has 148 valence electrons. The average molecular weight is 404 g/mol. The van der Waals surface area contributed by atoms with Crippen molar-refractivity contribution in [1.82, 2.24) is 10.3 Å². The summed E-state index contributed by atoms with van der Waals surface area (Å²) < 4.78 is 4.85. The van der Waals surface area contributed by atoms with Crippen LogP contribution in [0.4, 0.5) is 5.13 Å². The largest absolute Gasteiger partial charge is 0.465 e. The van der Waals surface area contributed by atoms with Gasteiger partial charge in [-0.25, -0.2) is 9.78 Å². The van der Waals surface area contributed by atoms with Gasteiger partial charge < -0.3 is 15.4 Å². The monoisotopic (exact) mass is 403 g/mol. The molecule has 0 aliphatic carbocycles. The van der Waals surface area contributed by atoms with Crippen LogP contribution in [0.2, 0.25) is 0 Å². The summed E-state index contributed by atoms with van der Waals surface area (Å²) in [5.41, 5.74) is 0.358. The number of methoxy groups -OCH3 is 1. The number of thiazole rings is 1. The molecule has 1 fully saturated rings. The number of piperidine rings is 1. The van der Waals surface area contributed by atoms with Crippen molar-refractivity contribution >= 4 is 40.8 Å². The van der Waals surface area contributed by atoms with E-state index in [9.17, 15) is 9.59 Å². The van der Waals surface area contributed by atoms with Gasteiger partial charge in [-0.2, -0.15) is 0 Å². The van der Waals surface area contributed by atoms with Gasteiger partial charge in [-0.3, -0.25) is 4.79 Å². The SMILES string of the molecule is COC(=O)c1sc(NC(=O)CC(C)C2CCNCC2)nc1C(C)(C)C.Cl. The molecule has 0 saturated carbocycles. The molecule has 6 nitrogen and oxygen atoms in total. The highest BCUT2D eigenvalue weighted by Crippen LogP contribution is 2.33. The first kappa shape index (κ1) is 22.9. The fourth-order valence-corrected chi connectivity index (χ4v) is 4.27. The normalized spacial score (nSPS) is 16.5. The molecule has 0 radical (unpaired) electrons. The predicted molar refractivity (Wildman–Crippen MR) is 107 cm³/mol. The van der Waals surface area contributed by atoms with Gasteiger partial charge in [0.25, 0.3) is 0 Å². The lowest BCUT2D eigenvalue weighted by molar-refractivity contribution is -0.117. The van der Waals surface area contributed by atoms with E-state index in [1.165, 1.54) is 18.4 Å². The highest BCUT2D eigenvalue weighted by molar-refractivity contribution is 7.17. The lowest BCUT2D eigenvalue weighted by Gasteiger charge is -2.27. The van der Waals surface area contributed by atoms with Crippen LogP contribution in [0.5, 0.6) is 0 Å². The van der Waals surface area contributed by atoms with Crippen LogP contribution in [0.15, 0.2) is 0 Å². The third-order valence-corrected chi connectivity index (χ3v) is 5.60. The molecule has 1 aromatic heterocycles. The summed E-state index contributed by atoms with van der Waals surface area (Å²) in [4.78, 5) is 29.3. The van der Waals surface area contributed by atoms with E-state index >= 15 is 0 Å². The Balaban J connectivity index is 0.00000338. The molecule has 1 aromatic rings. The number of nitrogens with one attached hydrogen (secondary N) is 2. The zero-order valence-corrected chi connectivity index (χ0v) is 17.8. The first-order chi connectivity index (χ1) is 11.7. The second-order valence-corrected chi connectivity index (χ2v) is 8.75. The Hall–Kier alpha value is -1.18. The molecule has 0 aromatic carbocycles. The summed E-state index contributed by atoms with van der Waals surface area (Å²) in [6, 6.07) is 0. The van der Waals surface area contributed by atoms with Crippen molar-refractivity contribution in [3.05, 3.63) is 10.6 Å². The summed E-state index contributed by atoms with van der Waals surface area (Å²) >= 11 is 1.18. The van der Waals surface area contributed by atoms with Crippen molar-refractivity contribution < 1.29 is 14.3 Å². The number of aromatic nitrogens is 1. The predicted octanol–water partition coefficient (Wildman–Crippen LogP) is 3.61. The van der Waals surface area contributed by atoms with Crippen LogP contribution in [0, 0.1) is 11.8 Å². The maximum absolute atomic E-state index is 12.4. The van der Waals surface area contributed by atoms with Crippen LogP contribution in [-0.4, -0.2) is 37.1 Å². The number of carbonyl (C=O) groups is 2. The molecule has 26 heavy (non-hydrogen) atoms. The van der Waals surface area contributed by atoms with Crippen LogP contribution in [0.25, 0.3) is 0 Å². The van der Waals surface area contributed by atoms with E-state index in [1.54, 1.807) is 0 Å². The number of hydrogen-bond acceptors (Lipinski definition) is 6. The van der Waals surface area contributed by atoms with Crippen LogP contribution in [0.3, 0.4) is 0 Å². The van der Waals surface area contributed by atoms with Gasteiger partial charge in [0.15, 0.2) is 5.13 Å². The van der Waals surface area contributed by atoms with E-state index in [0.717, 1.165) is 25.9 Å². The van der Waals surface area contributed by atoms with Crippen LogP contribution in [0.1, 0.15) is 62.3 Å². The molecule has 1 unspecified atom stereocenters. The first-order valence-electron chi connectivity index (χ1n) is 8.82. The minimum atomic E-state index is -0.411. The maximum atomic E-state index is 12.4. The number of anilines is 1. The van der Waals surface area contributed by atoms with E-state index in [-0.39, 0.29) is 23.7 Å². The van der Waals surface area contributed by atoms with Gasteiger partial charge in [0.2, 0.25) is 5.91 Å². The molecule has 1 aliphatic rings. The number of esters is 1. The number of rotatable bonds is 5. The number of nitrogens with zero attached hydrogens (tertiary/aromatic N) is 1. The fourth-order valence-electron chi connectivity index (χ4n) is 3.16. The fraction of sp³-hybridized carbons (Fsp3) is 0.722. The number of ether oxygens (including phenoxy) is 1. The molecule has 0 bridgehead atoms. The molecule has 8 heteroatoms. The minimum Gasteiger partial charge on any atom is -0.465 e.